The third-order valence-electron chi connectivity index (χ3n) is 4.74. The Morgan fingerprint density at radius 1 is 1.24 bits per heavy atom. The van der Waals surface area contributed by atoms with Crippen LogP contribution in [0.1, 0.15) is 38.1 Å². The van der Waals surface area contributed by atoms with Gasteiger partial charge in [0.15, 0.2) is 6.10 Å². The predicted octanol–water partition coefficient (Wildman–Crippen LogP) is 4.78. The number of hydrogen-bond acceptors (Lipinski definition) is 8. The fraction of sp³-hybridized carbons (Fsp3) is 0.273. The highest BCUT2D eigenvalue weighted by Crippen LogP contribution is 2.37. The van der Waals surface area contributed by atoms with Crippen LogP contribution >= 0.6 is 31.9 Å². The molecule has 3 rings (SSSR count). The largest absolute Gasteiger partial charge is 0.471 e. The first-order valence-corrected chi connectivity index (χ1v) is 11.6. The van der Waals surface area contributed by atoms with Crippen molar-refractivity contribution in [2.24, 2.45) is 5.10 Å². The first-order valence-electron chi connectivity index (χ1n) is 10.0. The quantitative estimate of drug-likeness (QED) is 0.166. The molecule has 0 spiro atoms. The first-order chi connectivity index (χ1) is 16.0. The molecule has 0 amide bonds. The van der Waals surface area contributed by atoms with E-state index in [0.717, 1.165) is 4.47 Å². The standard InChI is InChI=1S/C22H20Br2N4O6/c1-11(2)20-26-17-6-5-14(23)9-15(17)21(29)27(20)25-10-13-7-16(24)19(18(8-13)28(31)32)34-12(3)22(30)33-4/h5-12H,1-4H3/t12-/m1/s1. The molecule has 0 bridgehead atoms. The Balaban J connectivity index is 2.10. The number of nitro groups is 1. The monoisotopic (exact) mass is 594 g/mol. The zero-order valence-electron chi connectivity index (χ0n) is 18.6. The molecule has 34 heavy (non-hydrogen) atoms. The van der Waals surface area contributed by atoms with Gasteiger partial charge in [-0.25, -0.2) is 9.78 Å². The van der Waals surface area contributed by atoms with Crippen LogP contribution in [0.25, 0.3) is 10.9 Å². The summed E-state index contributed by atoms with van der Waals surface area (Å²) in [5.41, 5.74) is 0.116. The van der Waals surface area contributed by atoms with Crippen molar-refractivity contribution in [3.8, 4) is 5.75 Å². The van der Waals surface area contributed by atoms with Crippen molar-refractivity contribution in [2.75, 3.05) is 7.11 Å². The lowest BCUT2D eigenvalue weighted by molar-refractivity contribution is -0.386. The fourth-order valence-electron chi connectivity index (χ4n) is 3.09. The number of methoxy groups -OCH3 is 1. The van der Waals surface area contributed by atoms with Gasteiger partial charge >= 0.3 is 11.7 Å². The third kappa shape index (κ3) is 5.33. The highest BCUT2D eigenvalue weighted by molar-refractivity contribution is 9.10. The zero-order valence-corrected chi connectivity index (χ0v) is 21.8. The second kappa shape index (κ2) is 10.4. The smallest absolute Gasteiger partial charge is 0.346 e. The molecule has 10 nitrogen and oxygen atoms in total. The maximum absolute atomic E-state index is 13.1. The number of esters is 1. The molecular weight excluding hydrogens is 576 g/mol. The van der Waals surface area contributed by atoms with E-state index < -0.39 is 17.0 Å². The lowest BCUT2D eigenvalue weighted by Gasteiger charge is -2.14. The number of benzene rings is 2. The lowest BCUT2D eigenvalue weighted by Crippen LogP contribution is -2.25. The number of halogens is 2. The lowest BCUT2D eigenvalue weighted by atomic mass is 10.2. The average molecular weight is 596 g/mol. The highest BCUT2D eigenvalue weighted by Gasteiger charge is 2.25. The summed E-state index contributed by atoms with van der Waals surface area (Å²) in [6, 6.07) is 7.97. The molecule has 0 saturated carbocycles. The Morgan fingerprint density at radius 3 is 2.56 bits per heavy atom. The Kier molecular flexibility index (Phi) is 7.82. The number of aromatic nitrogens is 2. The van der Waals surface area contributed by atoms with Crippen molar-refractivity contribution < 1.29 is 19.2 Å². The number of nitro benzene ring substituents is 1. The number of hydrogen-bond donors (Lipinski definition) is 0. The van der Waals surface area contributed by atoms with Crippen LogP contribution in [0.15, 0.2) is 49.2 Å². The van der Waals surface area contributed by atoms with Crippen LogP contribution in [0.2, 0.25) is 0 Å². The second-order valence-corrected chi connectivity index (χ2v) is 9.31. The highest BCUT2D eigenvalue weighted by atomic mass is 79.9. The van der Waals surface area contributed by atoms with Crippen molar-refractivity contribution in [1.29, 1.82) is 0 Å². The molecule has 178 valence electrons. The summed E-state index contributed by atoms with van der Waals surface area (Å²) in [4.78, 5) is 40.4. The second-order valence-electron chi connectivity index (χ2n) is 7.54. The van der Waals surface area contributed by atoms with Gasteiger partial charge in [-0.2, -0.15) is 9.78 Å². The number of carbonyl (C=O) groups is 1. The van der Waals surface area contributed by atoms with Crippen LogP contribution in [0.3, 0.4) is 0 Å². The van der Waals surface area contributed by atoms with Crippen molar-refractivity contribution in [2.45, 2.75) is 32.8 Å². The normalized spacial score (nSPS) is 12.3. The molecule has 2 aromatic carbocycles. The molecular formula is C22H20Br2N4O6. The Hall–Kier alpha value is -3.12. The van der Waals surface area contributed by atoms with Crippen LogP contribution in [0.5, 0.6) is 5.75 Å². The van der Waals surface area contributed by atoms with Crippen LogP contribution in [-0.2, 0) is 9.53 Å². The molecule has 1 atom stereocenters. The molecule has 0 aliphatic carbocycles. The summed E-state index contributed by atoms with van der Waals surface area (Å²) >= 11 is 6.61. The SMILES string of the molecule is COC(=O)[C@@H](C)Oc1c(Br)cc(C=Nn2c(C(C)C)nc3ccc(Br)cc3c2=O)cc1[N+](=O)[O-]. The van der Waals surface area contributed by atoms with Crippen LogP contribution in [0, 0.1) is 10.1 Å². The van der Waals surface area contributed by atoms with Gasteiger partial charge < -0.3 is 9.47 Å². The van der Waals surface area contributed by atoms with E-state index in [-0.39, 0.29) is 27.4 Å². The van der Waals surface area contributed by atoms with Crippen molar-refractivity contribution >= 4 is 60.6 Å². The molecule has 0 radical (unpaired) electrons. The minimum Gasteiger partial charge on any atom is -0.471 e. The van der Waals surface area contributed by atoms with Crippen molar-refractivity contribution in [3.05, 3.63) is 71.1 Å². The topological polar surface area (TPSA) is 126 Å². The van der Waals surface area contributed by atoms with E-state index in [1.807, 2.05) is 13.8 Å². The predicted molar refractivity (Wildman–Crippen MR) is 134 cm³/mol. The molecule has 12 heteroatoms. The fourth-order valence-corrected chi connectivity index (χ4v) is 4.01. The maximum atomic E-state index is 13.1. The zero-order chi connectivity index (χ0) is 25.2. The van der Waals surface area contributed by atoms with Crippen molar-refractivity contribution in [1.82, 2.24) is 9.66 Å². The van der Waals surface area contributed by atoms with E-state index >= 15 is 0 Å². The van der Waals surface area contributed by atoms with Gasteiger partial charge in [-0.15, -0.1) is 0 Å². The number of carbonyl (C=O) groups excluding carboxylic acids is 1. The van der Waals surface area contributed by atoms with Gasteiger partial charge in [0.25, 0.3) is 5.56 Å². The minimum atomic E-state index is -1.06. The summed E-state index contributed by atoms with van der Waals surface area (Å²) < 4.78 is 12.2. The van der Waals surface area contributed by atoms with Gasteiger partial charge in [0.2, 0.25) is 5.75 Å². The van der Waals surface area contributed by atoms with Gasteiger partial charge in [0.1, 0.15) is 5.82 Å². The molecule has 3 aromatic rings. The molecule has 1 aromatic heterocycles. The van der Waals surface area contributed by atoms with Crippen LogP contribution in [-0.4, -0.2) is 40.0 Å². The van der Waals surface area contributed by atoms with E-state index in [9.17, 15) is 19.7 Å². The number of rotatable bonds is 7. The minimum absolute atomic E-state index is 0.116. The van der Waals surface area contributed by atoms with E-state index in [1.54, 1.807) is 18.2 Å². The molecule has 0 aliphatic rings. The summed E-state index contributed by atoms with van der Waals surface area (Å²) in [5.74, 6) is -0.480. The number of nitrogens with zero attached hydrogens (tertiary/aromatic N) is 4. The van der Waals surface area contributed by atoms with Crippen LogP contribution in [0.4, 0.5) is 5.69 Å². The van der Waals surface area contributed by atoms with E-state index in [1.165, 1.54) is 37.1 Å². The summed E-state index contributed by atoms with van der Waals surface area (Å²) in [6.07, 6.45) is 0.263. The van der Waals surface area contributed by atoms with Gasteiger partial charge in [-0.3, -0.25) is 14.9 Å². The number of fused-ring (bicyclic) bond motifs is 1. The molecule has 0 N–H and O–H groups in total. The maximum Gasteiger partial charge on any atom is 0.346 e. The Bertz CT molecular complexity index is 1370. The first kappa shape index (κ1) is 25.5. The van der Waals surface area contributed by atoms with Gasteiger partial charge in [0.05, 0.1) is 33.6 Å². The molecule has 0 saturated heterocycles. The van der Waals surface area contributed by atoms with E-state index in [2.05, 4.69) is 46.7 Å². The van der Waals surface area contributed by atoms with Gasteiger partial charge in [-0.05, 0) is 47.1 Å². The summed E-state index contributed by atoms with van der Waals surface area (Å²) in [6.45, 7) is 5.19. The Morgan fingerprint density at radius 2 is 1.94 bits per heavy atom. The number of ether oxygens (including phenoxy) is 2. The third-order valence-corrected chi connectivity index (χ3v) is 5.83. The molecule has 1 heterocycles. The van der Waals surface area contributed by atoms with Gasteiger partial charge in [0, 0.05) is 22.0 Å². The van der Waals surface area contributed by atoms with Crippen molar-refractivity contribution in [3.63, 3.8) is 0 Å². The van der Waals surface area contributed by atoms with Crippen LogP contribution < -0.4 is 10.3 Å². The Labute approximate surface area is 211 Å². The molecule has 0 fully saturated rings. The van der Waals surface area contributed by atoms with E-state index in [0.29, 0.717) is 22.3 Å². The van der Waals surface area contributed by atoms with Gasteiger partial charge in [-0.1, -0.05) is 29.8 Å². The average Bonchev–Trinajstić information content (AvgIpc) is 2.79. The molecule has 0 unspecified atom stereocenters. The van der Waals surface area contributed by atoms with E-state index in [4.69, 9.17) is 4.74 Å². The molecule has 0 aliphatic heterocycles. The summed E-state index contributed by atoms with van der Waals surface area (Å²) in [5, 5.41) is 16.3. The summed E-state index contributed by atoms with van der Waals surface area (Å²) in [7, 11) is 1.19.